The Morgan fingerprint density at radius 3 is 1.11 bits per heavy atom. The molecule has 0 fully saturated rings. The zero-order chi connectivity index (χ0) is 43.2. The predicted molar refractivity (Wildman–Crippen MR) is 256 cm³/mol. The van der Waals surface area contributed by atoms with Gasteiger partial charge in [0.1, 0.15) is 11.5 Å². The third kappa shape index (κ3) is 7.95. The first-order valence-corrected chi connectivity index (χ1v) is 21.0. The molecule has 0 saturated carbocycles. The van der Waals surface area contributed by atoms with Crippen molar-refractivity contribution in [2.24, 2.45) is 0 Å². The molecule has 8 heteroatoms. The molecule has 0 aliphatic carbocycles. The average Bonchev–Trinajstić information content (AvgIpc) is 3.37. The first-order valence-electron chi connectivity index (χ1n) is 21.0. The largest absolute Gasteiger partial charge is 0.466 e. The van der Waals surface area contributed by atoms with Crippen LogP contribution in [0.25, 0.3) is 100.0 Å². The molecule has 10 aromatic rings. The number of rotatable bonds is 13. The molecule has 0 aliphatic rings. The van der Waals surface area contributed by atoms with Gasteiger partial charge in [0, 0.05) is 72.4 Å². The number of pyridine rings is 4. The standard InChI is InChI=1S/C56H42N4O4/c1-61-35-63-55-47(39-21-17-37(18-22-39)43-25-27-51(59-33-43)49-15-7-9-29-57-49)31-41-11-3-5-13-45(41)53(55)54-46-14-6-4-12-42(46)32-48(56(54)64-36-62-2)40-23-19-38(20-24-40)44-26-28-52(60-34-44)50-16-8-10-30-58-50/h3-34H,35-36H2,1-2H3. The Morgan fingerprint density at radius 2 is 0.734 bits per heavy atom. The van der Waals surface area contributed by atoms with Gasteiger partial charge in [-0.3, -0.25) is 19.9 Å². The molecule has 0 unspecified atom stereocenters. The number of benzene rings is 6. The number of ether oxygens (including phenoxy) is 4. The maximum Gasteiger partial charge on any atom is 0.188 e. The number of hydrogen-bond donors (Lipinski definition) is 0. The zero-order valence-electron chi connectivity index (χ0n) is 35.3. The number of hydrogen-bond acceptors (Lipinski definition) is 8. The molecule has 0 aliphatic heterocycles. The van der Waals surface area contributed by atoms with Crippen molar-refractivity contribution >= 4 is 21.5 Å². The van der Waals surface area contributed by atoms with Gasteiger partial charge >= 0.3 is 0 Å². The van der Waals surface area contributed by atoms with E-state index in [9.17, 15) is 0 Å². The highest BCUT2D eigenvalue weighted by Crippen LogP contribution is 2.52. The van der Waals surface area contributed by atoms with Gasteiger partial charge in [-0.05, 0) is 92.3 Å². The maximum absolute atomic E-state index is 6.72. The monoisotopic (exact) mass is 834 g/mol. The highest BCUT2D eigenvalue weighted by molar-refractivity contribution is 6.14. The van der Waals surface area contributed by atoms with Crippen LogP contribution in [-0.2, 0) is 9.47 Å². The number of nitrogens with zero attached hydrogens (tertiary/aromatic N) is 4. The van der Waals surface area contributed by atoms with Crippen LogP contribution in [0.2, 0.25) is 0 Å². The highest BCUT2D eigenvalue weighted by Gasteiger charge is 2.26. The third-order valence-electron chi connectivity index (χ3n) is 11.3. The minimum atomic E-state index is 0.0375. The van der Waals surface area contributed by atoms with Crippen molar-refractivity contribution in [3.63, 3.8) is 0 Å². The fourth-order valence-corrected chi connectivity index (χ4v) is 8.26. The fraction of sp³-hybridized carbons (Fsp3) is 0.0714. The van der Waals surface area contributed by atoms with Crippen LogP contribution in [-0.4, -0.2) is 47.7 Å². The Labute approximate surface area is 371 Å². The molecule has 310 valence electrons. The lowest BCUT2D eigenvalue weighted by atomic mass is 9.86. The molecule has 64 heavy (non-hydrogen) atoms. The van der Waals surface area contributed by atoms with Gasteiger partial charge in [0.05, 0.1) is 22.8 Å². The second-order valence-electron chi connectivity index (χ2n) is 15.2. The molecule has 0 atom stereocenters. The van der Waals surface area contributed by atoms with Crippen LogP contribution in [0.15, 0.2) is 195 Å². The van der Waals surface area contributed by atoms with Crippen LogP contribution in [0.3, 0.4) is 0 Å². The maximum atomic E-state index is 6.72. The summed E-state index contributed by atoms with van der Waals surface area (Å²) in [4.78, 5) is 18.4. The molecule has 0 amide bonds. The Balaban J connectivity index is 1.11. The van der Waals surface area contributed by atoms with Crippen molar-refractivity contribution in [1.29, 1.82) is 0 Å². The van der Waals surface area contributed by atoms with E-state index in [0.717, 1.165) is 100.0 Å². The van der Waals surface area contributed by atoms with E-state index >= 15 is 0 Å². The van der Waals surface area contributed by atoms with Crippen molar-refractivity contribution in [2.75, 3.05) is 27.8 Å². The second-order valence-corrected chi connectivity index (χ2v) is 15.2. The van der Waals surface area contributed by atoms with E-state index in [-0.39, 0.29) is 13.6 Å². The Hall–Kier alpha value is -8.04. The van der Waals surface area contributed by atoms with Gasteiger partial charge in [0.2, 0.25) is 0 Å². The van der Waals surface area contributed by atoms with Crippen molar-refractivity contribution in [2.45, 2.75) is 0 Å². The highest BCUT2D eigenvalue weighted by atomic mass is 16.7. The molecule has 10 rings (SSSR count). The molecule has 0 radical (unpaired) electrons. The lowest BCUT2D eigenvalue weighted by molar-refractivity contribution is 0.0506. The minimum absolute atomic E-state index is 0.0375. The SMILES string of the molecule is COCOc1c(-c2ccc(-c3ccc(-c4ccccn4)nc3)cc2)cc2ccccc2c1-c1c(OCOC)c(-c2ccc(-c3ccc(-c4ccccn4)nc3)cc2)cc2ccccc12. The summed E-state index contributed by atoms with van der Waals surface area (Å²) in [5.41, 5.74) is 13.0. The number of aromatic nitrogens is 4. The predicted octanol–water partition coefficient (Wildman–Crippen LogP) is 13.2. The summed E-state index contributed by atoms with van der Waals surface area (Å²) in [5.74, 6) is 1.35. The van der Waals surface area contributed by atoms with E-state index in [1.165, 1.54) is 0 Å². The molecule has 0 spiro atoms. The summed E-state index contributed by atoms with van der Waals surface area (Å²) in [6.07, 6.45) is 7.35. The van der Waals surface area contributed by atoms with Gasteiger partial charge in [-0.25, -0.2) is 0 Å². The van der Waals surface area contributed by atoms with E-state index in [2.05, 4.69) is 131 Å². The van der Waals surface area contributed by atoms with Crippen molar-refractivity contribution in [3.8, 4) is 89.9 Å². The summed E-state index contributed by atoms with van der Waals surface area (Å²) >= 11 is 0. The fourth-order valence-electron chi connectivity index (χ4n) is 8.26. The third-order valence-corrected chi connectivity index (χ3v) is 11.3. The van der Waals surface area contributed by atoms with Gasteiger partial charge in [0.25, 0.3) is 0 Å². The van der Waals surface area contributed by atoms with Crippen molar-refractivity contribution in [1.82, 2.24) is 19.9 Å². The van der Waals surface area contributed by atoms with Crippen LogP contribution in [0.1, 0.15) is 0 Å². The Bertz CT molecular complexity index is 2980. The van der Waals surface area contributed by atoms with Crippen molar-refractivity contribution in [3.05, 3.63) is 195 Å². The van der Waals surface area contributed by atoms with E-state index in [1.807, 2.05) is 60.9 Å². The van der Waals surface area contributed by atoms with Gasteiger partial charge < -0.3 is 18.9 Å². The zero-order valence-corrected chi connectivity index (χ0v) is 35.3. The van der Waals surface area contributed by atoms with Gasteiger partial charge in [-0.15, -0.1) is 0 Å². The molecule has 0 saturated heterocycles. The quantitative estimate of drug-likeness (QED) is 0.106. The summed E-state index contributed by atoms with van der Waals surface area (Å²) in [5, 5.41) is 4.12. The van der Waals surface area contributed by atoms with Gasteiger partial charge in [-0.1, -0.05) is 121 Å². The van der Waals surface area contributed by atoms with Crippen LogP contribution < -0.4 is 9.47 Å². The summed E-state index contributed by atoms with van der Waals surface area (Å²) < 4.78 is 24.7. The molecule has 8 nitrogen and oxygen atoms in total. The molecule has 4 aromatic heterocycles. The second kappa shape index (κ2) is 18.1. The summed E-state index contributed by atoms with van der Waals surface area (Å²) in [7, 11) is 3.28. The molecular weight excluding hydrogens is 793 g/mol. The number of fused-ring (bicyclic) bond motifs is 2. The summed E-state index contributed by atoms with van der Waals surface area (Å²) in [6.45, 7) is 0.0749. The van der Waals surface area contributed by atoms with Crippen LogP contribution >= 0.6 is 0 Å². The van der Waals surface area contributed by atoms with E-state index in [4.69, 9.17) is 28.9 Å². The molecule has 6 aromatic carbocycles. The van der Waals surface area contributed by atoms with Crippen molar-refractivity contribution < 1.29 is 18.9 Å². The lowest BCUT2D eigenvalue weighted by Gasteiger charge is -2.24. The van der Waals surface area contributed by atoms with E-state index in [0.29, 0.717) is 11.5 Å². The Kier molecular flexibility index (Phi) is 11.3. The van der Waals surface area contributed by atoms with E-state index < -0.39 is 0 Å². The smallest absolute Gasteiger partial charge is 0.188 e. The van der Waals surface area contributed by atoms with Crippen LogP contribution in [0.4, 0.5) is 0 Å². The van der Waals surface area contributed by atoms with Gasteiger partial charge in [-0.2, -0.15) is 0 Å². The van der Waals surface area contributed by atoms with Gasteiger partial charge in [0.15, 0.2) is 13.6 Å². The lowest BCUT2D eigenvalue weighted by Crippen LogP contribution is -2.06. The molecular formula is C56H42N4O4. The number of methoxy groups -OCH3 is 2. The van der Waals surface area contributed by atoms with E-state index in [1.54, 1.807) is 26.6 Å². The minimum Gasteiger partial charge on any atom is -0.466 e. The van der Waals surface area contributed by atoms with Crippen LogP contribution in [0, 0.1) is 0 Å². The molecule has 4 heterocycles. The first-order chi connectivity index (χ1) is 31.7. The van der Waals surface area contributed by atoms with Crippen LogP contribution in [0.5, 0.6) is 11.5 Å². The topological polar surface area (TPSA) is 88.5 Å². The summed E-state index contributed by atoms with van der Waals surface area (Å²) in [6, 6.07) is 58.1. The normalized spacial score (nSPS) is 11.2. The first kappa shape index (κ1) is 40.1. The molecule has 0 N–H and O–H groups in total. The Morgan fingerprint density at radius 1 is 0.359 bits per heavy atom. The molecule has 0 bridgehead atoms. The average molecular weight is 835 g/mol.